The van der Waals surface area contributed by atoms with E-state index in [0.717, 1.165) is 0 Å². The lowest BCUT2D eigenvalue weighted by molar-refractivity contribution is 0.0846. The molecule has 0 aromatic heterocycles. The molecule has 0 radical (unpaired) electrons. The number of nitrogens with one attached hydrogen (secondary N) is 2. The van der Waals surface area contributed by atoms with Crippen LogP contribution in [0, 0.1) is 0 Å². The fourth-order valence-corrected chi connectivity index (χ4v) is 1.86. The molecule has 0 aliphatic rings. The maximum Gasteiger partial charge on any atom is 0.269 e. The van der Waals surface area contributed by atoms with Gasteiger partial charge in [-0.3, -0.25) is 30.0 Å². The van der Waals surface area contributed by atoms with Gasteiger partial charge in [0.15, 0.2) is 0 Å². The molecular weight excluding hydrogens is 312 g/mol. The number of carbonyl (C=O) groups is 4. The lowest BCUT2D eigenvalue weighted by atomic mass is 10.1. The first kappa shape index (κ1) is 16.7. The summed E-state index contributed by atoms with van der Waals surface area (Å²) in [5, 5.41) is 0. The topological polar surface area (TPSA) is 144 Å². The number of benzene rings is 2. The van der Waals surface area contributed by atoms with Gasteiger partial charge in [-0.2, -0.15) is 0 Å². The highest BCUT2D eigenvalue weighted by Gasteiger charge is 2.11. The minimum absolute atomic E-state index is 0.163. The van der Waals surface area contributed by atoms with E-state index >= 15 is 0 Å². The number of rotatable bonds is 4. The van der Waals surface area contributed by atoms with Crippen LogP contribution in [0.3, 0.4) is 0 Å². The minimum atomic E-state index is -0.664. The Kier molecular flexibility index (Phi) is 4.90. The smallest absolute Gasteiger partial charge is 0.269 e. The van der Waals surface area contributed by atoms with Crippen LogP contribution in [0.2, 0.25) is 0 Å². The number of nitrogens with two attached hydrogens (primary N) is 2. The second-order valence-corrected chi connectivity index (χ2v) is 4.79. The molecule has 0 spiro atoms. The lowest BCUT2D eigenvalue weighted by Crippen LogP contribution is -2.41. The van der Waals surface area contributed by atoms with E-state index in [0.29, 0.717) is 0 Å². The monoisotopic (exact) mass is 326 g/mol. The van der Waals surface area contributed by atoms with E-state index in [-0.39, 0.29) is 22.3 Å². The molecule has 0 fully saturated rings. The van der Waals surface area contributed by atoms with Crippen LogP contribution in [0.15, 0.2) is 48.5 Å². The number of hydrazine groups is 1. The molecule has 0 unspecified atom stereocenters. The van der Waals surface area contributed by atoms with E-state index in [1.807, 2.05) is 0 Å². The summed E-state index contributed by atoms with van der Waals surface area (Å²) in [4.78, 5) is 45.9. The SMILES string of the molecule is NC(=O)c1ccc(C(=O)NNC(=O)c2cccc(C(N)=O)c2)cc1. The molecular formula is C16H14N4O4. The highest BCUT2D eigenvalue weighted by molar-refractivity contribution is 6.01. The van der Waals surface area contributed by atoms with Crippen LogP contribution in [-0.2, 0) is 0 Å². The predicted octanol–water partition coefficient (Wildman–Crippen LogP) is -0.0408. The Bertz CT molecular complexity index is 815. The van der Waals surface area contributed by atoms with Crippen LogP contribution in [0.1, 0.15) is 41.4 Å². The number of amides is 4. The Balaban J connectivity index is 2.00. The summed E-state index contributed by atoms with van der Waals surface area (Å²) in [5.41, 5.74) is 15.5. The van der Waals surface area contributed by atoms with Gasteiger partial charge in [0.25, 0.3) is 11.8 Å². The maximum absolute atomic E-state index is 12.0. The van der Waals surface area contributed by atoms with Gasteiger partial charge in [0.1, 0.15) is 0 Å². The van der Waals surface area contributed by atoms with Crippen molar-refractivity contribution in [1.29, 1.82) is 0 Å². The molecule has 0 saturated heterocycles. The Labute approximate surface area is 136 Å². The molecule has 2 rings (SSSR count). The summed E-state index contributed by atoms with van der Waals surface area (Å²) in [6.45, 7) is 0. The highest BCUT2D eigenvalue weighted by Crippen LogP contribution is 2.05. The highest BCUT2D eigenvalue weighted by atomic mass is 16.2. The summed E-state index contributed by atoms with van der Waals surface area (Å²) in [6.07, 6.45) is 0. The molecule has 24 heavy (non-hydrogen) atoms. The summed E-state index contributed by atoms with van der Waals surface area (Å²) in [7, 11) is 0. The van der Waals surface area contributed by atoms with Gasteiger partial charge < -0.3 is 11.5 Å². The Morgan fingerprint density at radius 3 is 1.62 bits per heavy atom. The van der Waals surface area contributed by atoms with Crippen molar-refractivity contribution in [2.45, 2.75) is 0 Å². The van der Waals surface area contributed by atoms with Crippen molar-refractivity contribution in [2.75, 3.05) is 0 Å². The third kappa shape index (κ3) is 3.95. The van der Waals surface area contributed by atoms with Crippen molar-refractivity contribution in [3.63, 3.8) is 0 Å². The third-order valence-corrected chi connectivity index (χ3v) is 3.13. The van der Waals surface area contributed by atoms with Crippen molar-refractivity contribution in [1.82, 2.24) is 10.9 Å². The van der Waals surface area contributed by atoms with Gasteiger partial charge in [-0.15, -0.1) is 0 Å². The van der Waals surface area contributed by atoms with Crippen molar-refractivity contribution < 1.29 is 19.2 Å². The Morgan fingerprint density at radius 1 is 0.625 bits per heavy atom. The molecule has 0 aliphatic heterocycles. The molecule has 8 nitrogen and oxygen atoms in total. The summed E-state index contributed by atoms with van der Waals surface area (Å²) in [5.74, 6) is -2.46. The van der Waals surface area contributed by atoms with Gasteiger partial charge in [-0.1, -0.05) is 6.07 Å². The molecule has 6 N–H and O–H groups in total. The fourth-order valence-electron chi connectivity index (χ4n) is 1.86. The lowest BCUT2D eigenvalue weighted by Gasteiger charge is -2.08. The molecule has 122 valence electrons. The number of primary amides is 2. The van der Waals surface area contributed by atoms with E-state index in [9.17, 15) is 19.2 Å². The van der Waals surface area contributed by atoms with Gasteiger partial charge in [0.05, 0.1) is 0 Å². The molecule has 0 heterocycles. The van der Waals surface area contributed by atoms with Crippen molar-refractivity contribution in [3.05, 3.63) is 70.8 Å². The average Bonchev–Trinajstić information content (AvgIpc) is 2.59. The van der Waals surface area contributed by atoms with Gasteiger partial charge in [0, 0.05) is 22.3 Å². The second-order valence-electron chi connectivity index (χ2n) is 4.79. The number of carbonyl (C=O) groups excluding carboxylic acids is 4. The number of hydrogen-bond acceptors (Lipinski definition) is 4. The minimum Gasteiger partial charge on any atom is -0.366 e. The standard InChI is InChI=1S/C16H14N4O4/c17-13(21)9-4-6-10(7-5-9)15(23)19-20-16(24)12-3-1-2-11(8-12)14(18)22/h1-8H,(H2,17,21)(H2,18,22)(H,19,23)(H,20,24). The Hall–Kier alpha value is -3.68. The first-order valence-corrected chi connectivity index (χ1v) is 6.79. The van der Waals surface area contributed by atoms with E-state index in [4.69, 9.17) is 11.5 Å². The quantitative estimate of drug-likeness (QED) is 0.584. The van der Waals surface area contributed by atoms with E-state index in [2.05, 4.69) is 10.9 Å². The maximum atomic E-state index is 12.0. The van der Waals surface area contributed by atoms with E-state index in [1.165, 1.54) is 48.5 Å². The van der Waals surface area contributed by atoms with Crippen LogP contribution in [0.4, 0.5) is 0 Å². The molecule has 8 heteroatoms. The summed E-state index contributed by atoms with van der Waals surface area (Å²) in [6, 6.07) is 11.3. The molecule has 0 aliphatic carbocycles. The fraction of sp³-hybridized carbons (Fsp3) is 0. The normalized spacial score (nSPS) is 9.83. The molecule has 0 saturated carbocycles. The predicted molar refractivity (Wildman–Crippen MR) is 84.9 cm³/mol. The largest absolute Gasteiger partial charge is 0.366 e. The van der Waals surface area contributed by atoms with Gasteiger partial charge in [-0.05, 0) is 42.5 Å². The Morgan fingerprint density at radius 2 is 1.08 bits per heavy atom. The summed E-state index contributed by atoms with van der Waals surface area (Å²) >= 11 is 0. The first-order chi connectivity index (χ1) is 11.4. The van der Waals surface area contributed by atoms with Gasteiger partial charge >= 0.3 is 0 Å². The molecule has 2 aromatic carbocycles. The van der Waals surface area contributed by atoms with Crippen LogP contribution in [-0.4, -0.2) is 23.6 Å². The van der Waals surface area contributed by atoms with Crippen LogP contribution in [0.5, 0.6) is 0 Å². The number of hydrogen-bond donors (Lipinski definition) is 4. The molecule has 0 atom stereocenters. The van der Waals surface area contributed by atoms with E-state index < -0.39 is 23.6 Å². The van der Waals surface area contributed by atoms with Crippen LogP contribution in [0.25, 0.3) is 0 Å². The van der Waals surface area contributed by atoms with Crippen molar-refractivity contribution in [3.8, 4) is 0 Å². The summed E-state index contributed by atoms with van der Waals surface area (Å²) < 4.78 is 0. The van der Waals surface area contributed by atoms with Gasteiger partial charge in [0.2, 0.25) is 11.8 Å². The molecule has 4 amide bonds. The molecule has 0 bridgehead atoms. The van der Waals surface area contributed by atoms with Crippen LogP contribution < -0.4 is 22.3 Å². The average molecular weight is 326 g/mol. The van der Waals surface area contributed by atoms with Crippen molar-refractivity contribution >= 4 is 23.6 Å². The molecule has 2 aromatic rings. The zero-order valence-electron chi connectivity index (χ0n) is 12.4. The van der Waals surface area contributed by atoms with Crippen LogP contribution >= 0.6 is 0 Å². The third-order valence-electron chi connectivity index (χ3n) is 3.13. The first-order valence-electron chi connectivity index (χ1n) is 6.79. The zero-order valence-corrected chi connectivity index (χ0v) is 12.4. The van der Waals surface area contributed by atoms with Crippen molar-refractivity contribution in [2.24, 2.45) is 11.5 Å². The van der Waals surface area contributed by atoms with Gasteiger partial charge in [-0.25, -0.2) is 0 Å². The second kappa shape index (κ2) is 7.05. The van der Waals surface area contributed by atoms with E-state index in [1.54, 1.807) is 0 Å². The zero-order chi connectivity index (χ0) is 17.7.